The number of phenolic OH excluding ortho intramolecular Hbond substituents is 1. The first-order chi connectivity index (χ1) is 9.63. The largest absolute Gasteiger partial charge is 0.508 e. The standard InChI is InChI=1S/C15H11BrN2O2/c16-10-1-3-11(4-2-10)18-15(8-17)9-20-14-7-12(19)5-6-13(14)15/h1-7,18-19H,9H2. The highest BCUT2D eigenvalue weighted by Crippen LogP contribution is 2.40. The van der Waals surface area contributed by atoms with E-state index < -0.39 is 5.54 Å². The van der Waals surface area contributed by atoms with Crippen LogP contribution in [-0.4, -0.2) is 11.7 Å². The molecule has 1 aliphatic rings. The first kappa shape index (κ1) is 12.8. The summed E-state index contributed by atoms with van der Waals surface area (Å²) in [6.07, 6.45) is 0. The van der Waals surface area contributed by atoms with E-state index in [4.69, 9.17) is 4.74 Å². The number of halogens is 1. The third-order valence-electron chi connectivity index (χ3n) is 3.26. The molecule has 0 saturated heterocycles. The van der Waals surface area contributed by atoms with Crippen molar-refractivity contribution in [2.75, 3.05) is 11.9 Å². The number of anilines is 1. The molecular weight excluding hydrogens is 320 g/mol. The van der Waals surface area contributed by atoms with Gasteiger partial charge in [-0.3, -0.25) is 0 Å². The molecule has 0 saturated carbocycles. The van der Waals surface area contributed by atoms with Crippen LogP contribution in [0.4, 0.5) is 5.69 Å². The summed E-state index contributed by atoms with van der Waals surface area (Å²) in [5.74, 6) is 0.664. The van der Waals surface area contributed by atoms with Crippen molar-refractivity contribution in [2.24, 2.45) is 0 Å². The minimum absolute atomic E-state index is 0.126. The lowest BCUT2D eigenvalue weighted by Gasteiger charge is -2.22. The second-order valence-electron chi connectivity index (χ2n) is 4.62. The number of nitrogens with zero attached hydrogens (tertiary/aromatic N) is 1. The van der Waals surface area contributed by atoms with Crippen molar-refractivity contribution >= 4 is 21.6 Å². The summed E-state index contributed by atoms with van der Waals surface area (Å²) in [5.41, 5.74) is 0.636. The Bertz CT molecular complexity index is 694. The van der Waals surface area contributed by atoms with Crippen LogP contribution in [0.25, 0.3) is 0 Å². The van der Waals surface area contributed by atoms with Gasteiger partial charge >= 0.3 is 0 Å². The van der Waals surface area contributed by atoms with Crippen LogP contribution in [0.5, 0.6) is 11.5 Å². The van der Waals surface area contributed by atoms with E-state index in [2.05, 4.69) is 27.3 Å². The Morgan fingerprint density at radius 3 is 2.70 bits per heavy atom. The number of nitriles is 1. The molecule has 3 rings (SSSR count). The Morgan fingerprint density at radius 1 is 1.25 bits per heavy atom. The van der Waals surface area contributed by atoms with Crippen molar-refractivity contribution < 1.29 is 9.84 Å². The quantitative estimate of drug-likeness (QED) is 0.885. The van der Waals surface area contributed by atoms with E-state index in [9.17, 15) is 10.4 Å². The zero-order valence-electron chi connectivity index (χ0n) is 10.4. The maximum absolute atomic E-state index is 9.58. The van der Waals surface area contributed by atoms with Crippen LogP contribution >= 0.6 is 15.9 Å². The van der Waals surface area contributed by atoms with E-state index in [0.29, 0.717) is 5.75 Å². The number of ether oxygens (including phenoxy) is 1. The average molecular weight is 331 g/mol. The first-order valence-electron chi connectivity index (χ1n) is 6.04. The molecule has 0 amide bonds. The molecule has 1 aliphatic heterocycles. The Kier molecular flexibility index (Phi) is 3.03. The van der Waals surface area contributed by atoms with E-state index in [1.54, 1.807) is 12.1 Å². The third-order valence-corrected chi connectivity index (χ3v) is 3.79. The topological polar surface area (TPSA) is 65.3 Å². The molecule has 0 radical (unpaired) electrons. The number of rotatable bonds is 2. The summed E-state index contributed by atoms with van der Waals surface area (Å²) in [5, 5.41) is 22.3. The van der Waals surface area contributed by atoms with Crippen molar-refractivity contribution in [3.63, 3.8) is 0 Å². The number of hydrogen-bond donors (Lipinski definition) is 2. The second kappa shape index (κ2) is 4.73. The fourth-order valence-electron chi connectivity index (χ4n) is 2.25. The maximum atomic E-state index is 9.58. The molecule has 4 nitrogen and oxygen atoms in total. The van der Waals surface area contributed by atoms with Crippen LogP contribution in [0.2, 0.25) is 0 Å². The molecule has 2 aromatic rings. The second-order valence-corrected chi connectivity index (χ2v) is 5.53. The molecule has 0 bridgehead atoms. The van der Waals surface area contributed by atoms with E-state index in [1.807, 2.05) is 24.3 Å². The summed E-state index contributed by atoms with van der Waals surface area (Å²) in [6, 6.07) is 14.7. The average Bonchev–Trinajstić information content (AvgIpc) is 2.80. The highest BCUT2D eigenvalue weighted by molar-refractivity contribution is 9.10. The fourth-order valence-corrected chi connectivity index (χ4v) is 2.51. The van der Waals surface area contributed by atoms with Crippen LogP contribution in [0.1, 0.15) is 5.56 Å². The van der Waals surface area contributed by atoms with Gasteiger partial charge in [0.05, 0.1) is 6.07 Å². The number of nitrogens with one attached hydrogen (secondary N) is 1. The lowest BCUT2D eigenvalue weighted by Crippen LogP contribution is -2.35. The number of aromatic hydroxyl groups is 1. The molecule has 0 aliphatic carbocycles. The Morgan fingerprint density at radius 2 is 2.00 bits per heavy atom. The van der Waals surface area contributed by atoms with Gasteiger partial charge in [-0.15, -0.1) is 0 Å². The predicted molar refractivity (Wildman–Crippen MR) is 78.7 cm³/mol. The minimum Gasteiger partial charge on any atom is -0.508 e. The van der Waals surface area contributed by atoms with Gasteiger partial charge in [-0.1, -0.05) is 15.9 Å². The minimum atomic E-state index is -0.934. The molecule has 5 heteroatoms. The number of benzene rings is 2. The van der Waals surface area contributed by atoms with E-state index in [0.717, 1.165) is 15.7 Å². The predicted octanol–water partition coefficient (Wildman–Crippen LogP) is 3.38. The molecular formula is C15H11BrN2O2. The summed E-state index contributed by atoms with van der Waals surface area (Å²) >= 11 is 3.38. The van der Waals surface area contributed by atoms with Gasteiger partial charge in [0.1, 0.15) is 18.1 Å². The number of phenols is 1. The zero-order valence-corrected chi connectivity index (χ0v) is 12.0. The van der Waals surface area contributed by atoms with Crippen molar-refractivity contribution in [3.8, 4) is 17.6 Å². The molecule has 1 unspecified atom stereocenters. The molecule has 2 N–H and O–H groups in total. The van der Waals surface area contributed by atoms with Crippen LogP contribution in [0.15, 0.2) is 46.9 Å². The maximum Gasteiger partial charge on any atom is 0.188 e. The Balaban J connectivity index is 1.99. The van der Waals surface area contributed by atoms with Crippen LogP contribution in [0, 0.1) is 11.3 Å². The lowest BCUT2D eigenvalue weighted by molar-refractivity contribution is 0.313. The van der Waals surface area contributed by atoms with Gasteiger partial charge < -0.3 is 15.2 Å². The molecule has 1 atom stereocenters. The van der Waals surface area contributed by atoms with Crippen LogP contribution in [-0.2, 0) is 5.54 Å². The van der Waals surface area contributed by atoms with Crippen LogP contribution < -0.4 is 10.1 Å². The Labute approximate surface area is 124 Å². The summed E-state index contributed by atoms with van der Waals surface area (Å²) in [4.78, 5) is 0. The molecule has 2 aromatic carbocycles. The smallest absolute Gasteiger partial charge is 0.188 e. The van der Waals surface area contributed by atoms with Gasteiger partial charge in [0, 0.05) is 21.8 Å². The van der Waals surface area contributed by atoms with Crippen molar-refractivity contribution in [1.29, 1.82) is 5.26 Å². The van der Waals surface area contributed by atoms with Gasteiger partial charge in [0.2, 0.25) is 0 Å². The first-order valence-corrected chi connectivity index (χ1v) is 6.83. The molecule has 100 valence electrons. The summed E-state index contributed by atoms with van der Waals surface area (Å²) in [6.45, 7) is 0.207. The SMILES string of the molecule is N#CC1(Nc2ccc(Br)cc2)COc2cc(O)ccc21. The van der Waals surface area contributed by atoms with Gasteiger partial charge in [0.15, 0.2) is 5.54 Å². The molecule has 0 aromatic heterocycles. The number of fused-ring (bicyclic) bond motifs is 1. The lowest BCUT2D eigenvalue weighted by atomic mass is 9.93. The number of hydrogen-bond acceptors (Lipinski definition) is 4. The zero-order chi connectivity index (χ0) is 14.2. The van der Waals surface area contributed by atoms with Gasteiger partial charge in [0.25, 0.3) is 0 Å². The highest BCUT2D eigenvalue weighted by Gasteiger charge is 2.41. The molecule has 0 fully saturated rings. The summed E-state index contributed by atoms with van der Waals surface area (Å²) < 4.78 is 6.50. The van der Waals surface area contributed by atoms with E-state index in [1.165, 1.54) is 6.07 Å². The fraction of sp³-hybridized carbons (Fsp3) is 0.133. The molecule has 0 spiro atoms. The van der Waals surface area contributed by atoms with Crippen molar-refractivity contribution in [3.05, 3.63) is 52.5 Å². The van der Waals surface area contributed by atoms with E-state index in [-0.39, 0.29) is 12.4 Å². The monoisotopic (exact) mass is 330 g/mol. The van der Waals surface area contributed by atoms with Crippen molar-refractivity contribution in [2.45, 2.75) is 5.54 Å². The molecule has 20 heavy (non-hydrogen) atoms. The Hall–Kier alpha value is -2.19. The van der Waals surface area contributed by atoms with Gasteiger partial charge in [-0.05, 0) is 36.4 Å². The van der Waals surface area contributed by atoms with Crippen LogP contribution in [0.3, 0.4) is 0 Å². The summed E-state index contributed by atoms with van der Waals surface area (Å²) in [7, 11) is 0. The van der Waals surface area contributed by atoms with Gasteiger partial charge in [-0.25, -0.2) is 0 Å². The third kappa shape index (κ3) is 2.08. The molecule has 1 heterocycles. The highest BCUT2D eigenvalue weighted by atomic mass is 79.9. The van der Waals surface area contributed by atoms with Crippen molar-refractivity contribution in [1.82, 2.24) is 0 Å². The normalized spacial score (nSPS) is 19.8. The van der Waals surface area contributed by atoms with Gasteiger partial charge in [-0.2, -0.15) is 5.26 Å². The van der Waals surface area contributed by atoms with E-state index >= 15 is 0 Å².